The summed E-state index contributed by atoms with van der Waals surface area (Å²) in [6.45, 7) is 0. The monoisotopic (exact) mass is 255 g/mol. The number of nitriles is 1. The minimum absolute atomic E-state index is 0.332. The molecule has 2 aliphatic rings. The van der Waals surface area contributed by atoms with Crippen molar-refractivity contribution in [3.63, 3.8) is 0 Å². The van der Waals surface area contributed by atoms with Crippen LogP contribution in [0.5, 0.6) is 0 Å². The zero-order valence-corrected chi connectivity index (χ0v) is 9.47. The molecular weight excluding hydrogens is 252 g/mol. The molecular formula is C8H5Cl4N. The van der Waals surface area contributed by atoms with Crippen molar-refractivity contribution in [2.45, 2.75) is 22.6 Å². The molecule has 3 atom stereocenters. The van der Waals surface area contributed by atoms with Crippen molar-refractivity contribution in [3.05, 3.63) is 10.1 Å². The van der Waals surface area contributed by atoms with E-state index < -0.39 is 9.75 Å². The van der Waals surface area contributed by atoms with Gasteiger partial charge in [-0.1, -0.05) is 23.2 Å². The number of halogens is 4. The van der Waals surface area contributed by atoms with Crippen LogP contribution in [0.15, 0.2) is 10.1 Å². The first-order chi connectivity index (χ1) is 5.94. The second-order valence-corrected chi connectivity index (χ2v) is 5.67. The van der Waals surface area contributed by atoms with E-state index in [2.05, 4.69) is 6.07 Å². The van der Waals surface area contributed by atoms with Crippen LogP contribution >= 0.6 is 46.4 Å². The minimum Gasteiger partial charge on any atom is -0.198 e. The molecule has 3 unspecified atom stereocenters. The summed E-state index contributed by atoms with van der Waals surface area (Å²) in [6, 6.07) is 2.12. The van der Waals surface area contributed by atoms with E-state index in [0.717, 1.165) is 0 Å². The van der Waals surface area contributed by atoms with Crippen LogP contribution in [0.3, 0.4) is 0 Å². The van der Waals surface area contributed by atoms with Gasteiger partial charge in [0.25, 0.3) is 0 Å². The average molecular weight is 257 g/mol. The van der Waals surface area contributed by atoms with Crippen molar-refractivity contribution in [3.8, 4) is 6.07 Å². The van der Waals surface area contributed by atoms with Crippen LogP contribution in [-0.2, 0) is 0 Å². The molecule has 5 heteroatoms. The lowest BCUT2D eigenvalue weighted by Gasteiger charge is -2.24. The largest absolute Gasteiger partial charge is 0.198 e. The quantitative estimate of drug-likeness (QED) is 0.608. The van der Waals surface area contributed by atoms with E-state index in [0.29, 0.717) is 22.9 Å². The maximum atomic E-state index is 8.85. The Labute approximate surface area is 96.2 Å². The highest BCUT2D eigenvalue weighted by atomic mass is 35.5. The minimum atomic E-state index is -0.838. The highest BCUT2D eigenvalue weighted by Crippen LogP contribution is 2.64. The Balaban J connectivity index is 2.54. The molecule has 70 valence electrons. The molecule has 0 saturated heterocycles. The van der Waals surface area contributed by atoms with Crippen molar-refractivity contribution in [1.82, 2.24) is 0 Å². The molecule has 13 heavy (non-hydrogen) atoms. The van der Waals surface area contributed by atoms with Gasteiger partial charge in [0, 0.05) is 0 Å². The molecule has 0 spiro atoms. The molecule has 0 aromatic rings. The summed E-state index contributed by atoms with van der Waals surface area (Å²) in [5.74, 6) is -0.332. The van der Waals surface area contributed by atoms with Gasteiger partial charge in [0.15, 0.2) is 0 Å². The van der Waals surface area contributed by atoms with Crippen LogP contribution in [0, 0.1) is 17.2 Å². The van der Waals surface area contributed by atoms with E-state index in [-0.39, 0.29) is 5.92 Å². The highest BCUT2D eigenvalue weighted by molar-refractivity contribution is 6.51. The first kappa shape index (κ1) is 9.93. The van der Waals surface area contributed by atoms with Gasteiger partial charge in [-0.25, -0.2) is 0 Å². The first-order valence-corrected chi connectivity index (χ1v) is 5.29. The normalized spacial score (nSPS) is 48.4. The lowest BCUT2D eigenvalue weighted by atomic mass is 9.94. The van der Waals surface area contributed by atoms with Crippen molar-refractivity contribution < 1.29 is 0 Å². The second kappa shape index (κ2) is 2.70. The number of nitrogens with zero attached hydrogens (tertiary/aromatic N) is 1. The SMILES string of the molecule is N#CC1CC2(Cl)CC1(Cl)C(Cl)=C2Cl. The lowest BCUT2D eigenvalue weighted by molar-refractivity contribution is 0.585. The van der Waals surface area contributed by atoms with E-state index in [1.807, 2.05) is 0 Å². The van der Waals surface area contributed by atoms with Crippen LogP contribution in [0.25, 0.3) is 0 Å². The fourth-order valence-corrected chi connectivity index (χ4v) is 3.78. The Hall–Kier alpha value is 0.390. The summed E-state index contributed by atoms with van der Waals surface area (Å²) in [5.41, 5.74) is 0. The molecule has 0 aromatic heterocycles. The van der Waals surface area contributed by atoms with Crippen LogP contribution in [0.2, 0.25) is 0 Å². The molecule has 0 aromatic carbocycles. The Bertz CT molecular complexity index is 345. The molecule has 1 nitrogen and oxygen atoms in total. The van der Waals surface area contributed by atoms with Gasteiger partial charge in [-0.15, -0.1) is 23.2 Å². The van der Waals surface area contributed by atoms with E-state index >= 15 is 0 Å². The molecule has 0 radical (unpaired) electrons. The number of allylic oxidation sites excluding steroid dienone is 2. The summed E-state index contributed by atoms with van der Waals surface area (Å²) in [7, 11) is 0. The Morgan fingerprint density at radius 1 is 1.31 bits per heavy atom. The predicted molar refractivity (Wildman–Crippen MR) is 54.2 cm³/mol. The second-order valence-electron chi connectivity index (χ2n) is 3.52. The number of rotatable bonds is 0. The topological polar surface area (TPSA) is 23.8 Å². The van der Waals surface area contributed by atoms with Gasteiger partial charge in [0.1, 0.15) is 0 Å². The number of fused-ring (bicyclic) bond motifs is 2. The van der Waals surface area contributed by atoms with Crippen LogP contribution in [0.1, 0.15) is 12.8 Å². The standard InChI is InChI=1S/C8H5Cl4N/c9-5-6(10)8(12)3-7(5,11)1-4(8)2-13/h4H,1,3H2. The van der Waals surface area contributed by atoms with Gasteiger partial charge in [-0.3, -0.25) is 0 Å². The van der Waals surface area contributed by atoms with Gasteiger partial charge in [-0.05, 0) is 12.8 Å². The summed E-state index contributed by atoms with van der Waals surface area (Å²) < 4.78 is 0. The predicted octanol–water partition coefficient (Wildman–Crippen LogP) is 3.58. The molecule has 0 amide bonds. The van der Waals surface area contributed by atoms with Crippen LogP contribution < -0.4 is 0 Å². The third kappa shape index (κ3) is 1.07. The fourth-order valence-electron chi connectivity index (χ4n) is 2.01. The van der Waals surface area contributed by atoms with Crippen molar-refractivity contribution >= 4 is 46.4 Å². The fraction of sp³-hybridized carbons (Fsp3) is 0.625. The smallest absolute Gasteiger partial charge is 0.0991 e. The Morgan fingerprint density at radius 2 is 1.92 bits per heavy atom. The maximum Gasteiger partial charge on any atom is 0.0991 e. The molecule has 2 aliphatic carbocycles. The lowest BCUT2D eigenvalue weighted by Crippen LogP contribution is -2.26. The number of hydrogen-bond donors (Lipinski definition) is 0. The molecule has 1 saturated carbocycles. The molecule has 0 N–H and O–H groups in total. The molecule has 1 fully saturated rings. The Kier molecular flexibility index (Phi) is 2.06. The zero-order valence-electron chi connectivity index (χ0n) is 6.45. The summed E-state index contributed by atoms with van der Waals surface area (Å²) in [6.07, 6.45) is 0.947. The maximum absolute atomic E-state index is 8.85. The van der Waals surface area contributed by atoms with E-state index in [9.17, 15) is 0 Å². The molecule has 2 bridgehead atoms. The summed E-state index contributed by atoms with van der Waals surface area (Å²) >= 11 is 24.3. The number of alkyl halides is 2. The molecule has 0 aliphatic heterocycles. The van der Waals surface area contributed by atoms with Gasteiger partial charge in [0.05, 0.1) is 31.8 Å². The van der Waals surface area contributed by atoms with Gasteiger partial charge in [-0.2, -0.15) is 5.26 Å². The first-order valence-electron chi connectivity index (χ1n) is 3.78. The van der Waals surface area contributed by atoms with Crippen molar-refractivity contribution in [2.24, 2.45) is 5.92 Å². The van der Waals surface area contributed by atoms with Crippen LogP contribution in [-0.4, -0.2) is 9.75 Å². The Morgan fingerprint density at radius 3 is 2.31 bits per heavy atom. The summed E-state index contributed by atoms with van der Waals surface area (Å²) in [4.78, 5) is -1.53. The average Bonchev–Trinajstić information content (AvgIpc) is 2.44. The van der Waals surface area contributed by atoms with E-state index in [1.165, 1.54) is 0 Å². The number of hydrogen-bond acceptors (Lipinski definition) is 1. The van der Waals surface area contributed by atoms with E-state index in [4.69, 9.17) is 51.7 Å². The van der Waals surface area contributed by atoms with Crippen molar-refractivity contribution in [1.29, 1.82) is 5.26 Å². The molecule has 0 heterocycles. The summed E-state index contributed by atoms with van der Waals surface area (Å²) in [5, 5.41) is 9.62. The highest BCUT2D eigenvalue weighted by Gasteiger charge is 2.63. The van der Waals surface area contributed by atoms with Gasteiger partial charge in [0.2, 0.25) is 0 Å². The zero-order chi connectivity index (χ0) is 9.85. The van der Waals surface area contributed by atoms with Gasteiger partial charge < -0.3 is 0 Å². The third-order valence-electron chi connectivity index (χ3n) is 2.72. The third-order valence-corrected chi connectivity index (χ3v) is 5.15. The van der Waals surface area contributed by atoms with E-state index in [1.54, 1.807) is 0 Å². The van der Waals surface area contributed by atoms with Gasteiger partial charge >= 0.3 is 0 Å². The van der Waals surface area contributed by atoms with Crippen molar-refractivity contribution in [2.75, 3.05) is 0 Å². The van der Waals surface area contributed by atoms with Crippen LogP contribution in [0.4, 0.5) is 0 Å². The molecule has 2 rings (SSSR count).